The fourth-order valence-corrected chi connectivity index (χ4v) is 4.66. The number of pyridine rings is 1. The van der Waals surface area contributed by atoms with Gasteiger partial charge in [-0.05, 0) is 38.7 Å². The number of fused-ring (bicyclic) bond motifs is 1. The summed E-state index contributed by atoms with van der Waals surface area (Å²) in [6.45, 7) is 6.87. The van der Waals surface area contributed by atoms with E-state index in [1.807, 2.05) is 6.92 Å². The maximum absolute atomic E-state index is 12.7. The van der Waals surface area contributed by atoms with Crippen LogP contribution in [0.3, 0.4) is 0 Å². The molecular weight excluding hydrogens is 402 g/mol. The zero-order chi connectivity index (χ0) is 21.1. The molecule has 2 aliphatic heterocycles. The Bertz CT molecular complexity index is 919. The highest BCUT2D eigenvalue weighted by Crippen LogP contribution is 2.30. The number of aryl methyl sites for hydroxylation is 2. The lowest BCUT2D eigenvalue weighted by atomic mass is 9.99. The Labute approximate surface area is 180 Å². The molecule has 2 N–H and O–H groups in total. The molecule has 0 saturated carbocycles. The summed E-state index contributed by atoms with van der Waals surface area (Å²) in [5.74, 6) is 0.852. The summed E-state index contributed by atoms with van der Waals surface area (Å²) in [5.41, 5.74) is 2.17. The van der Waals surface area contributed by atoms with Gasteiger partial charge in [-0.3, -0.25) is 9.59 Å². The van der Waals surface area contributed by atoms with Gasteiger partial charge in [0, 0.05) is 43.8 Å². The van der Waals surface area contributed by atoms with Crippen LogP contribution in [0.2, 0.25) is 0 Å². The van der Waals surface area contributed by atoms with Gasteiger partial charge in [0.25, 0.3) is 5.91 Å². The summed E-state index contributed by atoms with van der Waals surface area (Å²) < 4.78 is 5.43. The summed E-state index contributed by atoms with van der Waals surface area (Å²) in [6.07, 6.45) is 4.13. The van der Waals surface area contributed by atoms with Crippen LogP contribution in [0.15, 0.2) is 12.3 Å². The molecular formula is C21H27N5O3S. The van der Waals surface area contributed by atoms with E-state index in [4.69, 9.17) is 4.74 Å². The van der Waals surface area contributed by atoms with Gasteiger partial charge >= 0.3 is 0 Å². The van der Waals surface area contributed by atoms with Gasteiger partial charge in [0.2, 0.25) is 5.91 Å². The zero-order valence-electron chi connectivity index (χ0n) is 17.4. The largest absolute Gasteiger partial charge is 0.381 e. The van der Waals surface area contributed by atoms with Gasteiger partial charge in [0.1, 0.15) is 5.82 Å². The third kappa shape index (κ3) is 4.62. The van der Waals surface area contributed by atoms with Crippen LogP contribution >= 0.6 is 11.3 Å². The number of thiazole rings is 1. The number of carbonyl (C=O) groups is 2. The number of amides is 2. The topological polar surface area (TPSA) is 96.5 Å². The molecule has 9 heteroatoms. The normalized spacial score (nSPS) is 16.9. The molecule has 4 heterocycles. The highest BCUT2D eigenvalue weighted by molar-refractivity contribution is 7.11. The molecule has 2 amide bonds. The van der Waals surface area contributed by atoms with Crippen LogP contribution in [-0.2, 0) is 16.0 Å². The van der Waals surface area contributed by atoms with Gasteiger partial charge in [-0.1, -0.05) is 0 Å². The summed E-state index contributed by atoms with van der Waals surface area (Å²) in [4.78, 5) is 37.1. The molecule has 2 aromatic rings. The summed E-state index contributed by atoms with van der Waals surface area (Å²) >= 11 is 1.66. The number of hydrogen-bond acceptors (Lipinski definition) is 7. The number of rotatable bonds is 6. The van der Waals surface area contributed by atoms with E-state index < -0.39 is 0 Å². The summed E-state index contributed by atoms with van der Waals surface area (Å²) in [6, 6.07) is 1.76. The van der Waals surface area contributed by atoms with Gasteiger partial charge in [0.05, 0.1) is 28.5 Å². The second-order valence-electron chi connectivity index (χ2n) is 7.76. The molecule has 2 aliphatic rings. The number of nitrogens with zero attached hydrogens (tertiary/aromatic N) is 3. The minimum absolute atomic E-state index is 0.00265. The smallest absolute Gasteiger partial charge is 0.252 e. The second kappa shape index (κ2) is 9.09. The lowest BCUT2D eigenvalue weighted by Gasteiger charge is -2.33. The van der Waals surface area contributed by atoms with E-state index in [1.165, 1.54) is 4.88 Å². The first kappa shape index (κ1) is 20.7. The maximum Gasteiger partial charge on any atom is 0.252 e. The quantitative estimate of drug-likeness (QED) is 0.732. The number of hydrogen-bond donors (Lipinski definition) is 2. The van der Waals surface area contributed by atoms with Crippen LogP contribution in [-0.4, -0.2) is 54.6 Å². The number of anilines is 2. The third-order valence-corrected chi connectivity index (χ3v) is 6.74. The number of aromatic nitrogens is 2. The van der Waals surface area contributed by atoms with Crippen LogP contribution in [0.4, 0.5) is 11.5 Å². The molecule has 30 heavy (non-hydrogen) atoms. The highest BCUT2D eigenvalue weighted by atomic mass is 32.1. The standard InChI is InChI=1S/C21H27N5O3S/c1-13-14(2)30-18(25-13)3-6-22-21(28)16-9-17-20(23-10-16)24-11-19(27)26(17)12-15-4-7-29-8-5-15/h9-10,15H,3-8,11-12H2,1-2H3,(H,22,28)(H,23,24). The Morgan fingerprint density at radius 2 is 2.17 bits per heavy atom. The molecule has 160 valence electrons. The molecule has 4 rings (SSSR count). The van der Waals surface area contributed by atoms with Crippen molar-refractivity contribution in [2.45, 2.75) is 33.1 Å². The maximum atomic E-state index is 12.7. The van der Waals surface area contributed by atoms with E-state index in [1.54, 1.807) is 28.5 Å². The highest BCUT2D eigenvalue weighted by Gasteiger charge is 2.29. The van der Waals surface area contributed by atoms with Crippen molar-refractivity contribution in [2.75, 3.05) is 43.1 Å². The van der Waals surface area contributed by atoms with Gasteiger partial charge in [-0.15, -0.1) is 11.3 Å². The van der Waals surface area contributed by atoms with E-state index in [0.29, 0.717) is 42.5 Å². The minimum Gasteiger partial charge on any atom is -0.381 e. The first-order valence-corrected chi connectivity index (χ1v) is 11.2. The molecule has 1 saturated heterocycles. The van der Waals surface area contributed by atoms with Gasteiger partial charge < -0.3 is 20.3 Å². The number of ether oxygens (including phenoxy) is 1. The molecule has 8 nitrogen and oxygen atoms in total. The van der Waals surface area contributed by atoms with Crippen molar-refractivity contribution in [3.8, 4) is 0 Å². The molecule has 0 bridgehead atoms. The average Bonchev–Trinajstić information content (AvgIpc) is 3.07. The Morgan fingerprint density at radius 1 is 1.37 bits per heavy atom. The molecule has 0 unspecified atom stereocenters. The van der Waals surface area contributed by atoms with E-state index in [9.17, 15) is 9.59 Å². The predicted molar refractivity (Wildman–Crippen MR) is 116 cm³/mol. The molecule has 0 spiro atoms. The van der Waals surface area contributed by atoms with Crippen LogP contribution in [0.25, 0.3) is 0 Å². The molecule has 0 radical (unpaired) electrons. The van der Waals surface area contributed by atoms with Crippen LogP contribution < -0.4 is 15.5 Å². The van der Waals surface area contributed by atoms with E-state index in [2.05, 4.69) is 27.5 Å². The van der Waals surface area contributed by atoms with Crippen LogP contribution in [0.5, 0.6) is 0 Å². The average molecular weight is 430 g/mol. The van der Waals surface area contributed by atoms with Crippen LogP contribution in [0, 0.1) is 19.8 Å². The van der Waals surface area contributed by atoms with Crippen LogP contribution in [0.1, 0.15) is 38.8 Å². The molecule has 1 fully saturated rings. The number of nitrogens with one attached hydrogen (secondary N) is 2. The Balaban J connectivity index is 1.43. The van der Waals surface area contributed by atoms with Crippen molar-refractivity contribution in [3.05, 3.63) is 33.4 Å². The number of carbonyl (C=O) groups excluding carboxylic acids is 2. The van der Waals surface area contributed by atoms with Crippen molar-refractivity contribution in [3.63, 3.8) is 0 Å². The monoisotopic (exact) mass is 429 g/mol. The lowest BCUT2D eigenvalue weighted by Crippen LogP contribution is -2.44. The fourth-order valence-electron chi connectivity index (χ4n) is 3.73. The predicted octanol–water partition coefficient (Wildman–Crippen LogP) is 2.31. The molecule has 0 aromatic carbocycles. The minimum atomic E-state index is -0.195. The molecule has 2 aromatic heterocycles. The van der Waals surface area contributed by atoms with Crippen molar-refractivity contribution in [1.82, 2.24) is 15.3 Å². The van der Waals surface area contributed by atoms with Crippen molar-refractivity contribution >= 4 is 34.7 Å². The van der Waals surface area contributed by atoms with Crippen molar-refractivity contribution in [1.29, 1.82) is 0 Å². The molecule has 0 aliphatic carbocycles. The van der Waals surface area contributed by atoms with Gasteiger partial charge in [-0.25, -0.2) is 9.97 Å². The van der Waals surface area contributed by atoms with Crippen molar-refractivity contribution in [2.24, 2.45) is 5.92 Å². The lowest BCUT2D eigenvalue weighted by molar-refractivity contribution is -0.117. The third-order valence-electron chi connectivity index (χ3n) is 5.61. The van der Waals surface area contributed by atoms with E-state index in [0.717, 1.165) is 36.8 Å². The zero-order valence-corrected chi connectivity index (χ0v) is 18.2. The van der Waals surface area contributed by atoms with Gasteiger partial charge in [-0.2, -0.15) is 0 Å². The van der Waals surface area contributed by atoms with Crippen molar-refractivity contribution < 1.29 is 14.3 Å². The SMILES string of the molecule is Cc1nc(CCNC(=O)c2cnc3c(c2)N(CC2CCOCC2)C(=O)CN3)sc1C. The Hall–Kier alpha value is -2.52. The first-order chi connectivity index (χ1) is 14.5. The Morgan fingerprint density at radius 3 is 2.90 bits per heavy atom. The summed E-state index contributed by atoms with van der Waals surface area (Å²) in [5, 5.41) is 7.01. The second-order valence-corrected chi connectivity index (χ2v) is 9.05. The molecule has 0 atom stereocenters. The van der Waals surface area contributed by atoms with E-state index in [-0.39, 0.29) is 18.4 Å². The fraction of sp³-hybridized carbons (Fsp3) is 0.524. The first-order valence-electron chi connectivity index (χ1n) is 10.3. The van der Waals surface area contributed by atoms with E-state index >= 15 is 0 Å². The Kier molecular flexibility index (Phi) is 6.29. The summed E-state index contributed by atoms with van der Waals surface area (Å²) in [7, 11) is 0. The van der Waals surface area contributed by atoms with Gasteiger partial charge in [0.15, 0.2) is 0 Å².